The van der Waals surface area contributed by atoms with E-state index < -0.39 is 0 Å². The molecule has 2 atom stereocenters. The van der Waals surface area contributed by atoms with Crippen LogP contribution < -0.4 is 4.74 Å². The minimum atomic E-state index is -0.138. The first-order valence-electron chi connectivity index (χ1n) is 7.74. The fraction of sp³-hybridized carbons (Fsp3) is 0.368. The van der Waals surface area contributed by atoms with Crippen LogP contribution in [0.5, 0.6) is 23.0 Å². The van der Waals surface area contributed by atoms with E-state index >= 15 is 0 Å². The van der Waals surface area contributed by atoms with Crippen molar-refractivity contribution >= 4 is 0 Å². The highest BCUT2D eigenvalue weighted by atomic mass is 16.5. The van der Waals surface area contributed by atoms with Crippen LogP contribution in [0.1, 0.15) is 37.8 Å². The number of benzene rings is 2. The molecule has 0 fully saturated rings. The normalized spacial score (nSPS) is 13.8. The highest BCUT2D eigenvalue weighted by molar-refractivity contribution is 5.48. The number of phenolic OH excluding ortho intramolecular Hbond substituents is 3. The summed E-state index contributed by atoms with van der Waals surface area (Å²) in [4.78, 5) is 0. The quantitative estimate of drug-likeness (QED) is 0.722. The summed E-state index contributed by atoms with van der Waals surface area (Å²) in [5.74, 6) is 0.904. The number of methoxy groups -OCH3 is 1. The lowest BCUT2D eigenvalue weighted by Crippen LogP contribution is -2.16. The van der Waals surface area contributed by atoms with Gasteiger partial charge in [0, 0.05) is 5.92 Å². The molecule has 0 heterocycles. The van der Waals surface area contributed by atoms with E-state index in [-0.39, 0.29) is 29.1 Å². The van der Waals surface area contributed by atoms with Gasteiger partial charge in [0.05, 0.1) is 7.11 Å². The molecule has 3 N–H and O–H groups in total. The molecular formula is C19H24O4. The molecule has 2 aromatic carbocycles. The smallest absolute Gasteiger partial charge is 0.160 e. The van der Waals surface area contributed by atoms with Gasteiger partial charge in [-0.25, -0.2) is 0 Å². The molecule has 0 saturated heterocycles. The Kier molecular flexibility index (Phi) is 5.04. The van der Waals surface area contributed by atoms with E-state index in [1.165, 1.54) is 13.2 Å². The van der Waals surface area contributed by atoms with Gasteiger partial charge in [-0.2, -0.15) is 0 Å². The predicted molar refractivity (Wildman–Crippen MR) is 90.3 cm³/mol. The Morgan fingerprint density at radius 2 is 1.35 bits per heavy atom. The number of hydrogen-bond donors (Lipinski definition) is 3. The van der Waals surface area contributed by atoms with Crippen molar-refractivity contribution in [3.63, 3.8) is 0 Å². The maximum atomic E-state index is 10.1. The standard InChI is InChI=1S/C19H24O4/c1-11(2)12(3)19(13-5-7-15(20)16(21)9-13)14-6-8-18(23-4)17(22)10-14/h5-12,19-22H,1-4H3. The average molecular weight is 316 g/mol. The van der Waals surface area contributed by atoms with Gasteiger partial charge in [-0.3, -0.25) is 0 Å². The van der Waals surface area contributed by atoms with Crippen LogP contribution in [0.4, 0.5) is 0 Å². The van der Waals surface area contributed by atoms with Crippen LogP contribution >= 0.6 is 0 Å². The van der Waals surface area contributed by atoms with Crippen molar-refractivity contribution in [2.75, 3.05) is 7.11 Å². The number of ether oxygens (including phenoxy) is 1. The van der Waals surface area contributed by atoms with Crippen LogP contribution in [-0.2, 0) is 0 Å². The molecule has 0 radical (unpaired) electrons. The predicted octanol–water partition coefficient (Wildman–Crippen LogP) is 4.24. The van der Waals surface area contributed by atoms with Crippen molar-refractivity contribution < 1.29 is 20.1 Å². The molecule has 4 heteroatoms. The summed E-state index contributed by atoms with van der Waals surface area (Å²) in [6.07, 6.45) is 0. The molecule has 0 saturated carbocycles. The van der Waals surface area contributed by atoms with E-state index in [0.29, 0.717) is 11.7 Å². The fourth-order valence-electron chi connectivity index (χ4n) is 2.82. The third-order valence-corrected chi connectivity index (χ3v) is 4.50. The molecule has 0 aromatic heterocycles. The third kappa shape index (κ3) is 3.52. The molecule has 0 aliphatic rings. The van der Waals surface area contributed by atoms with Crippen molar-refractivity contribution in [3.05, 3.63) is 47.5 Å². The van der Waals surface area contributed by atoms with Crippen molar-refractivity contribution in [2.45, 2.75) is 26.7 Å². The van der Waals surface area contributed by atoms with Gasteiger partial charge in [0.25, 0.3) is 0 Å². The first-order chi connectivity index (χ1) is 10.8. The molecule has 124 valence electrons. The number of rotatable bonds is 5. The molecule has 0 aliphatic carbocycles. The highest BCUT2D eigenvalue weighted by Crippen LogP contribution is 2.41. The number of hydrogen-bond acceptors (Lipinski definition) is 4. The van der Waals surface area contributed by atoms with Crippen LogP contribution in [0, 0.1) is 11.8 Å². The molecule has 2 rings (SSSR count). The first kappa shape index (κ1) is 17.0. The monoisotopic (exact) mass is 316 g/mol. The fourth-order valence-corrected chi connectivity index (χ4v) is 2.82. The Balaban J connectivity index is 2.54. The molecule has 0 bridgehead atoms. The summed E-state index contributed by atoms with van der Waals surface area (Å²) < 4.78 is 5.11. The third-order valence-electron chi connectivity index (χ3n) is 4.50. The summed E-state index contributed by atoms with van der Waals surface area (Å²) in [6, 6.07) is 10.2. The van der Waals surface area contributed by atoms with Crippen LogP contribution in [-0.4, -0.2) is 22.4 Å². The zero-order chi connectivity index (χ0) is 17.1. The molecule has 2 unspecified atom stereocenters. The molecule has 23 heavy (non-hydrogen) atoms. The van der Waals surface area contributed by atoms with Gasteiger partial charge in [-0.05, 0) is 47.2 Å². The summed E-state index contributed by atoms with van der Waals surface area (Å²) in [5.41, 5.74) is 1.83. The first-order valence-corrected chi connectivity index (χ1v) is 7.74. The average Bonchev–Trinajstić information content (AvgIpc) is 2.51. The molecule has 2 aromatic rings. The van der Waals surface area contributed by atoms with E-state index in [1.807, 2.05) is 6.07 Å². The second-order valence-corrected chi connectivity index (χ2v) is 6.26. The molecule has 0 aliphatic heterocycles. The van der Waals surface area contributed by atoms with E-state index in [1.54, 1.807) is 24.3 Å². The summed E-state index contributed by atoms with van der Waals surface area (Å²) in [6.45, 7) is 6.42. The van der Waals surface area contributed by atoms with Gasteiger partial charge in [0.1, 0.15) is 0 Å². The zero-order valence-corrected chi connectivity index (χ0v) is 13.9. The second-order valence-electron chi connectivity index (χ2n) is 6.26. The summed E-state index contributed by atoms with van der Waals surface area (Å²) in [5, 5.41) is 29.5. The number of phenols is 3. The Hall–Kier alpha value is -2.36. The topological polar surface area (TPSA) is 69.9 Å². The highest BCUT2D eigenvalue weighted by Gasteiger charge is 2.25. The van der Waals surface area contributed by atoms with Gasteiger partial charge >= 0.3 is 0 Å². The molecule has 0 spiro atoms. The van der Waals surface area contributed by atoms with Gasteiger partial charge < -0.3 is 20.1 Å². The largest absolute Gasteiger partial charge is 0.504 e. The number of aromatic hydroxyl groups is 3. The van der Waals surface area contributed by atoms with Gasteiger partial charge in [-0.15, -0.1) is 0 Å². The summed E-state index contributed by atoms with van der Waals surface area (Å²) in [7, 11) is 1.51. The van der Waals surface area contributed by atoms with E-state index in [2.05, 4.69) is 20.8 Å². The second kappa shape index (κ2) is 6.82. The lowest BCUT2D eigenvalue weighted by Gasteiger charge is -2.28. The van der Waals surface area contributed by atoms with Gasteiger partial charge in [0.15, 0.2) is 23.0 Å². The Labute approximate surface area is 137 Å². The molecule has 4 nitrogen and oxygen atoms in total. The minimum absolute atomic E-state index is 0.0155. The zero-order valence-electron chi connectivity index (χ0n) is 13.9. The van der Waals surface area contributed by atoms with Crippen molar-refractivity contribution in [3.8, 4) is 23.0 Å². The van der Waals surface area contributed by atoms with Crippen LogP contribution in [0.25, 0.3) is 0 Å². The lowest BCUT2D eigenvalue weighted by molar-refractivity contribution is 0.363. The Morgan fingerprint density at radius 3 is 1.83 bits per heavy atom. The molecule has 0 amide bonds. The van der Waals surface area contributed by atoms with E-state index in [0.717, 1.165) is 11.1 Å². The molecular weight excluding hydrogens is 292 g/mol. The van der Waals surface area contributed by atoms with Crippen molar-refractivity contribution in [2.24, 2.45) is 11.8 Å². The maximum Gasteiger partial charge on any atom is 0.160 e. The SMILES string of the molecule is COc1ccc(C(c2ccc(O)c(O)c2)C(C)C(C)C)cc1O. The van der Waals surface area contributed by atoms with E-state index in [4.69, 9.17) is 4.74 Å². The van der Waals surface area contributed by atoms with E-state index in [9.17, 15) is 15.3 Å². The lowest BCUT2D eigenvalue weighted by atomic mass is 9.76. The Bertz CT molecular complexity index is 679. The van der Waals surface area contributed by atoms with Crippen LogP contribution in [0.2, 0.25) is 0 Å². The van der Waals surface area contributed by atoms with Gasteiger partial charge in [-0.1, -0.05) is 32.9 Å². The minimum Gasteiger partial charge on any atom is -0.504 e. The Morgan fingerprint density at radius 1 is 0.783 bits per heavy atom. The van der Waals surface area contributed by atoms with Crippen LogP contribution in [0.15, 0.2) is 36.4 Å². The van der Waals surface area contributed by atoms with Crippen molar-refractivity contribution in [1.29, 1.82) is 0 Å². The van der Waals surface area contributed by atoms with Gasteiger partial charge in [0.2, 0.25) is 0 Å². The van der Waals surface area contributed by atoms with Crippen LogP contribution in [0.3, 0.4) is 0 Å². The van der Waals surface area contributed by atoms with Crippen molar-refractivity contribution in [1.82, 2.24) is 0 Å². The summed E-state index contributed by atoms with van der Waals surface area (Å²) >= 11 is 0. The maximum absolute atomic E-state index is 10.1.